The van der Waals surface area contributed by atoms with E-state index in [1.54, 1.807) is 24.5 Å². The Balaban J connectivity index is 1.34. The zero-order valence-electron chi connectivity index (χ0n) is 20.4. The quantitative estimate of drug-likeness (QED) is 0.547. The molecule has 0 spiro atoms. The second-order valence-corrected chi connectivity index (χ2v) is 9.34. The lowest BCUT2D eigenvalue weighted by Gasteiger charge is -2.38. The van der Waals surface area contributed by atoms with Gasteiger partial charge in [-0.3, -0.25) is 14.7 Å². The molecule has 37 heavy (non-hydrogen) atoms. The number of aliphatic imine (C=N–C) groups is 1. The van der Waals surface area contributed by atoms with Crippen LogP contribution in [-0.4, -0.2) is 85.0 Å². The first-order valence-electron chi connectivity index (χ1n) is 12.4. The highest BCUT2D eigenvalue weighted by Crippen LogP contribution is 2.30. The molecule has 2 fully saturated rings. The Hall–Kier alpha value is -3.57. The van der Waals surface area contributed by atoms with Crippen LogP contribution in [0.3, 0.4) is 0 Å². The Morgan fingerprint density at radius 2 is 1.95 bits per heavy atom. The fourth-order valence-electron chi connectivity index (χ4n) is 4.82. The number of morpholine rings is 1. The summed E-state index contributed by atoms with van der Waals surface area (Å²) in [4.78, 5) is 26.2. The van der Waals surface area contributed by atoms with Crippen molar-refractivity contribution in [1.82, 2.24) is 20.5 Å². The molecular weight excluding hydrogens is 482 g/mol. The Kier molecular flexibility index (Phi) is 7.33. The molecule has 11 heteroatoms. The first-order chi connectivity index (χ1) is 17.9. The first-order valence-corrected chi connectivity index (χ1v) is 12.4. The summed E-state index contributed by atoms with van der Waals surface area (Å²) in [6.45, 7) is 3.39. The van der Waals surface area contributed by atoms with Gasteiger partial charge in [0, 0.05) is 74.5 Å². The fraction of sp³-hybridized carbons (Fsp3) is 0.423. The maximum Gasteiger partial charge on any atom is 0.252 e. The monoisotopic (exact) mass is 512 g/mol. The molecule has 2 aromatic rings. The van der Waals surface area contributed by atoms with Gasteiger partial charge in [0.1, 0.15) is 5.82 Å². The van der Waals surface area contributed by atoms with E-state index in [-0.39, 0.29) is 44.3 Å². The zero-order valence-corrected chi connectivity index (χ0v) is 20.4. The second-order valence-electron chi connectivity index (χ2n) is 9.34. The fourth-order valence-corrected chi connectivity index (χ4v) is 4.82. The van der Waals surface area contributed by atoms with Crippen molar-refractivity contribution in [3.8, 4) is 0 Å². The van der Waals surface area contributed by atoms with Crippen LogP contribution in [0, 0.1) is 0 Å². The Bertz CT molecular complexity index is 1230. The van der Waals surface area contributed by atoms with E-state index >= 15 is 0 Å². The summed E-state index contributed by atoms with van der Waals surface area (Å²) >= 11 is 0. The highest BCUT2D eigenvalue weighted by Gasteiger charge is 2.37. The number of carbonyl (C=O) groups excluding carboxylic acids is 1. The molecule has 0 saturated carbocycles. The summed E-state index contributed by atoms with van der Waals surface area (Å²) in [7, 11) is 0. The van der Waals surface area contributed by atoms with Crippen LogP contribution >= 0.6 is 0 Å². The minimum atomic E-state index is -2.69. The minimum absolute atomic E-state index is 0.126. The molecule has 1 atom stereocenters. The van der Waals surface area contributed by atoms with Gasteiger partial charge in [-0.1, -0.05) is 6.07 Å². The summed E-state index contributed by atoms with van der Waals surface area (Å²) in [5.74, 6) is -2.25. The van der Waals surface area contributed by atoms with Gasteiger partial charge < -0.3 is 25.4 Å². The van der Waals surface area contributed by atoms with Gasteiger partial charge in [-0.05, 0) is 24.3 Å². The van der Waals surface area contributed by atoms with Crippen LogP contribution in [0.15, 0.2) is 59.2 Å². The molecule has 1 unspecified atom stereocenters. The van der Waals surface area contributed by atoms with E-state index in [9.17, 15) is 18.7 Å². The third-order valence-corrected chi connectivity index (χ3v) is 6.92. The minimum Gasteiger partial charge on any atom is -0.493 e. The average molecular weight is 513 g/mol. The number of rotatable bonds is 6. The van der Waals surface area contributed by atoms with Crippen molar-refractivity contribution in [3.63, 3.8) is 0 Å². The smallest absolute Gasteiger partial charge is 0.252 e. The SMILES string of the molecule is O=C(NCC(C1=CNC(O)=CN=C1)N1CCC(F)(F)CC1)c1cccc2nc(N3CCOCC3)ccc12. The molecule has 0 bridgehead atoms. The number of nitrogens with one attached hydrogen (secondary N) is 2. The van der Waals surface area contributed by atoms with Crippen LogP contribution in [0.1, 0.15) is 23.2 Å². The van der Waals surface area contributed by atoms with Crippen molar-refractivity contribution in [1.29, 1.82) is 0 Å². The van der Waals surface area contributed by atoms with Crippen LogP contribution in [0.2, 0.25) is 0 Å². The van der Waals surface area contributed by atoms with Crippen molar-refractivity contribution in [2.75, 3.05) is 50.8 Å². The third kappa shape index (κ3) is 5.89. The summed E-state index contributed by atoms with van der Waals surface area (Å²) < 4.78 is 33.1. The van der Waals surface area contributed by atoms with Gasteiger partial charge >= 0.3 is 0 Å². The average Bonchev–Trinajstić information content (AvgIpc) is 3.13. The standard InChI is InChI=1S/C26H30F2N6O3/c27-26(28)6-8-33(9-7-26)22(18-14-29-17-24(35)30-15-18)16-31-25(36)20-2-1-3-21-19(20)4-5-23(32-21)34-10-12-37-13-11-34/h1-5,14-15,17,22,30,35H,6-13,16H2,(H,31,36). The molecule has 1 amide bonds. The maximum atomic E-state index is 13.8. The summed E-state index contributed by atoms with van der Waals surface area (Å²) in [5, 5.41) is 16.2. The van der Waals surface area contributed by atoms with Crippen LogP contribution < -0.4 is 15.5 Å². The van der Waals surface area contributed by atoms with Gasteiger partial charge in [0.15, 0.2) is 0 Å². The summed E-state index contributed by atoms with van der Waals surface area (Å²) in [5.41, 5.74) is 1.87. The number of hydrogen-bond acceptors (Lipinski definition) is 8. The van der Waals surface area contributed by atoms with E-state index in [1.807, 2.05) is 23.1 Å². The number of carbonyl (C=O) groups is 1. The lowest BCUT2D eigenvalue weighted by Crippen LogP contribution is -2.50. The number of amides is 1. The van der Waals surface area contributed by atoms with Crippen LogP contribution in [0.25, 0.3) is 10.9 Å². The maximum absolute atomic E-state index is 13.8. The summed E-state index contributed by atoms with van der Waals surface area (Å²) in [6, 6.07) is 8.85. The second kappa shape index (κ2) is 10.8. The number of fused-ring (bicyclic) bond motifs is 1. The molecule has 3 N–H and O–H groups in total. The lowest BCUT2D eigenvalue weighted by atomic mass is 10.0. The zero-order chi connectivity index (χ0) is 25.8. The van der Waals surface area contributed by atoms with E-state index < -0.39 is 12.0 Å². The van der Waals surface area contributed by atoms with Gasteiger partial charge in [-0.2, -0.15) is 0 Å². The molecule has 2 saturated heterocycles. The van der Waals surface area contributed by atoms with E-state index in [1.165, 1.54) is 6.20 Å². The Morgan fingerprint density at radius 3 is 2.73 bits per heavy atom. The molecule has 0 aliphatic carbocycles. The number of alkyl halides is 2. The Morgan fingerprint density at radius 1 is 1.16 bits per heavy atom. The molecule has 4 heterocycles. The van der Waals surface area contributed by atoms with Gasteiger partial charge in [-0.15, -0.1) is 0 Å². The Labute approximate surface area is 213 Å². The number of hydrogen-bond donors (Lipinski definition) is 3. The molecule has 1 aromatic heterocycles. The molecule has 9 nitrogen and oxygen atoms in total. The van der Waals surface area contributed by atoms with Crippen LogP contribution in [0.4, 0.5) is 14.6 Å². The van der Waals surface area contributed by atoms with Gasteiger partial charge in [0.05, 0.1) is 31.0 Å². The normalized spacial score (nSPS) is 21.0. The van der Waals surface area contributed by atoms with E-state index in [0.717, 1.165) is 29.8 Å². The molecule has 196 valence electrons. The number of likely N-dealkylation sites (tertiary alicyclic amines) is 1. The van der Waals surface area contributed by atoms with Crippen molar-refractivity contribution < 1.29 is 23.4 Å². The van der Waals surface area contributed by atoms with E-state index in [2.05, 4.69) is 20.5 Å². The number of ether oxygens (including phenoxy) is 1. The molecule has 3 aliphatic heterocycles. The van der Waals surface area contributed by atoms with Gasteiger partial charge in [-0.25, -0.2) is 13.8 Å². The molecule has 1 aromatic carbocycles. The number of aromatic nitrogens is 1. The van der Waals surface area contributed by atoms with Crippen molar-refractivity contribution in [2.45, 2.75) is 24.8 Å². The number of piperidine rings is 1. The van der Waals surface area contributed by atoms with Crippen molar-refractivity contribution in [2.24, 2.45) is 4.99 Å². The lowest BCUT2D eigenvalue weighted by molar-refractivity contribution is -0.0598. The number of benzene rings is 1. The molecular formula is C26H30F2N6O3. The highest BCUT2D eigenvalue weighted by molar-refractivity contribution is 6.06. The van der Waals surface area contributed by atoms with Crippen LogP contribution in [-0.2, 0) is 4.74 Å². The molecule has 3 aliphatic rings. The first kappa shape index (κ1) is 25.1. The number of pyridine rings is 1. The largest absolute Gasteiger partial charge is 0.493 e. The number of nitrogens with zero attached hydrogens (tertiary/aromatic N) is 4. The number of anilines is 1. The number of halogens is 2. The van der Waals surface area contributed by atoms with Gasteiger partial charge in [0.2, 0.25) is 5.88 Å². The highest BCUT2D eigenvalue weighted by atomic mass is 19.3. The topological polar surface area (TPSA) is 102 Å². The number of aliphatic hydroxyl groups is 1. The third-order valence-electron chi connectivity index (χ3n) is 6.92. The predicted octanol–water partition coefficient (Wildman–Crippen LogP) is 2.82. The van der Waals surface area contributed by atoms with Crippen molar-refractivity contribution >= 4 is 28.8 Å². The number of aliphatic hydroxyl groups excluding tert-OH is 1. The van der Waals surface area contributed by atoms with Crippen molar-refractivity contribution in [3.05, 3.63) is 59.8 Å². The van der Waals surface area contributed by atoms with Gasteiger partial charge in [0.25, 0.3) is 11.8 Å². The van der Waals surface area contributed by atoms with E-state index in [4.69, 9.17) is 9.72 Å². The van der Waals surface area contributed by atoms with E-state index in [0.29, 0.717) is 24.4 Å². The predicted molar refractivity (Wildman–Crippen MR) is 137 cm³/mol. The molecule has 5 rings (SSSR count). The molecule has 0 radical (unpaired) electrons. The summed E-state index contributed by atoms with van der Waals surface area (Å²) in [6.07, 6.45) is 3.91. The van der Waals surface area contributed by atoms with Crippen LogP contribution in [0.5, 0.6) is 0 Å².